The van der Waals surface area contributed by atoms with E-state index in [1.54, 1.807) is 0 Å². The summed E-state index contributed by atoms with van der Waals surface area (Å²) < 4.78 is 5.90. The maximum Gasteiger partial charge on any atom is 0.0986 e. The second kappa shape index (κ2) is 5.94. The second-order valence-corrected chi connectivity index (χ2v) is 4.93. The van der Waals surface area contributed by atoms with Crippen molar-refractivity contribution in [2.24, 2.45) is 0 Å². The first-order chi connectivity index (χ1) is 9.90. The van der Waals surface area contributed by atoms with Crippen LogP contribution in [-0.2, 0) is 0 Å². The molecule has 0 aliphatic rings. The average Bonchev–Trinajstić information content (AvgIpc) is 3.17. The van der Waals surface area contributed by atoms with Crippen LogP contribution in [0.3, 0.4) is 0 Å². The van der Waals surface area contributed by atoms with Gasteiger partial charge in [-0.05, 0) is 36.3 Å². The van der Waals surface area contributed by atoms with Gasteiger partial charge in [-0.25, -0.2) is 4.68 Å². The first-order valence-electron chi connectivity index (χ1n) is 6.50. The van der Waals surface area contributed by atoms with E-state index in [4.69, 9.17) is 0 Å². The van der Waals surface area contributed by atoms with Gasteiger partial charge in [0.05, 0.1) is 23.1 Å². The van der Waals surface area contributed by atoms with Crippen LogP contribution in [-0.4, -0.2) is 25.9 Å². The number of aromatic nitrogens is 4. The van der Waals surface area contributed by atoms with Crippen LogP contribution < -0.4 is 5.32 Å². The Kier molecular flexibility index (Phi) is 3.85. The Hall–Kier alpha value is -2.05. The monoisotopic (exact) mass is 285 g/mol. The predicted molar refractivity (Wildman–Crippen MR) is 79.0 cm³/mol. The first kappa shape index (κ1) is 13.0. The molecule has 0 bridgehead atoms. The molecule has 102 valence electrons. The Morgan fingerprint density at radius 1 is 1.25 bits per heavy atom. The number of hydrogen-bond donors (Lipinski definition) is 1. The molecule has 0 fully saturated rings. The summed E-state index contributed by atoms with van der Waals surface area (Å²) in [6.07, 6.45) is 1.81. The quantitative estimate of drug-likeness (QED) is 0.782. The van der Waals surface area contributed by atoms with Gasteiger partial charge in [-0.3, -0.25) is 0 Å². The minimum Gasteiger partial charge on any atom is -0.304 e. The second-order valence-electron chi connectivity index (χ2n) is 4.32. The molecule has 5 nitrogen and oxygen atoms in total. The molecule has 3 rings (SSSR count). The standard InChI is InChI=1S/C14H15N5S/c1-2-15-14(12-10-20-18-17-12)13-8-9-16-19(13)11-6-4-3-5-7-11/h3-10,14-15H,2H2,1H3. The van der Waals surface area contributed by atoms with Crippen molar-refractivity contribution in [3.8, 4) is 5.69 Å². The van der Waals surface area contributed by atoms with E-state index in [2.05, 4.69) is 26.9 Å². The molecule has 20 heavy (non-hydrogen) atoms. The zero-order valence-corrected chi connectivity index (χ0v) is 11.9. The minimum atomic E-state index is 0.00135. The molecule has 1 N–H and O–H groups in total. The maximum atomic E-state index is 4.43. The number of para-hydroxylation sites is 1. The smallest absolute Gasteiger partial charge is 0.0986 e. The van der Waals surface area contributed by atoms with Crippen LogP contribution >= 0.6 is 11.5 Å². The highest BCUT2D eigenvalue weighted by Gasteiger charge is 2.20. The van der Waals surface area contributed by atoms with Crippen molar-refractivity contribution in [2.45, 2.75) is 13.0 Å². The molecule has 1 unspecified atom stereocenters. The number of hydrogen-bond acceptors (Lipinski definition) is 5. The molecule has 0 aliphatic carbocycles. The molecule has 0 amide bonds. The highest BCUT2D eigenvalue weighted by Crippen LogP contribution is 2.23. The maximum absolute atomic E-state index is 4.43. The fraction of sp³-hybridized carbons (Fsp3) is 0.214. The number of benzene rings is 1. The van der Waals surface area contributed by atoms with Crippen molar-refractivity contribution in [1.82, 2.24) is 24.7 Å². The molecular weight excluding hydrogens is 270 g/mol. The lowest BCUT2D eigenvalue weighted by Gasteiger charge is -2.17. The van der Waals surface area contributed by atoms with E-state index in [9.17, 15) is 0 Å². The average molecular weight is 285 g/mol. The normalized spacial score (nSPS) is 12.4. The summed E-state index contributed by atoms with van der Waals surface area (Å²) in [5.74, 6) is 0. The highest BCUT2D eigenvalue weighted by atomic mass is 32.1. The SMILES string of the molecule is CCNC(c1csnn1)c1ccnn1-c1ccccc1. The molecule has 2 aromatic heterocycles. The number of nitrogens with one attached hydrogen (secondary N) is 1. The van der Waals surface area contributed by atoms with Crippen molar-refractivity contribution in [3.05, 3.63) is 59.4 Å². The van der Waals surface area contributed by atoms with Crippen molar-refractivity contribution in [3.63, 3.8) is 0 Å². The molecule has 0 radical (unpaired) electrons. The van der Waals surface area contributed by atoms with E-state index in [0.29, 0.717) is 0 Å². The van der Waals surface area contributed by atoms with Gasteiger partial charge in [0, 0.05) is 11.6 Å². The van der Waals surface area contributed by atoms with Gasteiger partial charge in [-0.15, -0.1) is 5.10 Å². The Labute approximate surface area is 121 Å². The number of rotatable bonds is 5. The van der Waals surface area contributed by atoms with Crippen LogP contribution in [0.25, 0.3) is 5.69 Å². The van der Waals surface area contributed by atoms with Gasteiger partial charge >= 0.3 is 0 Å². The fourth-order valence-electron chi connectivity index (χ4n) is 2.18. The summed E-state index contributed by atoms with van der Waals surface area (Å²) in [7, 11) is 0. The molecule has 2 heterocycles. The molecule has 0 saturated heterocycles. The largest absolute Gasteiger partial charge is 0.304 e. The summed E-state index contributed by atoms with van der Waals surface area (Å²) in [6, 6.07) is 12.1. The number of nitrogens with zero attached hydrogens (tertiary/aromatic N) is 4. The molecular formula is C14H15N5S. The van der Waals surface area contributed by atoms with Crippen molar-refractivity contribution in [2.75, 3.05) is 6.54 Å². The topological polar surface area (TPSA) is 55.6 Å². The van der Waals surface area contributed by atoms with Gasteiger partial charge in [0.1, 0.15) is 0 Å². The predicted octanol–water partition coefficient (Wildman–Crippen LogP) is 2.42. The third-order valence-electron chi connectivity index (χ3n) is 3.05. The highest BCUT2D eigenvalue weighted by molar-refractivity contribution is 7.03. The molecule has 1 aromatic carbocycles. The summed E-state index contributed by atoms with van der Waals surface area (Å²) >= 11 is 1.36. The molecule has 0 spiro atoms. The summed E-state index contributed by atoms with van der Waals surface area (Å²) in [6.45, 7) is 2.93. The van der Waals surface area contributed by atoms with E-state index in [1.807, 2.05) is 52.7 Å². The molecule has 0 saturated carbocycles. The third kappa shape index (κ3) is 2.48. The van der Waals surface area contributed by atoms with Crippen molar-refractivity contribution in [1.29, 1.82) is 0 Å². The lowest BCUT2D eigenvalue weighted by Crippen LogP contribution is -2.24. The first-order valence-corrected chi connectivity index (χ1v) is 7.33. The van der Waals surface area contributed by atoms with Crippen LogP contribution in [0.2, 0.25) is 0 Å². The Morgan fingerprint density at radius 2 is 2.10 bits per heavy atom. The van der Waals surface area contributed by atoms with Gasteiger partial charge in [0.15, 0.2) is 0 Å². The van der Waals surface area contributed by atoms with Crippen molar-refractivity contribution >= 4 is 11.5 Å². The molecule has 1 atom stereocenters. The van der Waals surface area contributed by atoms with Gasteiger partial charge < -0.3 is 5.32 Å². The van der Waals surface area contributed by atoms with Crippen molar-refractivity contribution < 1.29 is 0 Å². The van der Waals surface area contributed by atoms with Crippen LogP contribution in [0.4, 0.5) is 0 Å². The molecule has 3 aromatic rings. The van der Waals surface area contributed by atoms with Crippen LogP contribution in [0.5, 0.6) is 0 Å². The Morgan fingerprint density at radius 3 is 2.80 bits per heavy atom. The van der Waals surface area contributed by atoms with Crippen LogP contribution in [0, 0.1) is 0 Å². The summed E-state index contributed by atoms with van der Waals surface area (Å²) in [4.78, 5) is 0. The molecule has 0 aliphatic heterocycles. The fourth-order valence-corrected chi connectivity index (χ4v) is 2.66. The van der Waals surface area contributed by atoms with E-state index < -0.39 is 0 Å². The van der Waals surface area contributed by atoms with E-state index in [1.165, 1.54) is 11.5 Å². The van der Waals surface area contributed by atoms with Gasteiger partial charge in [0.2, 0.25) is 0 Å². The zero-order valence-electron chi connectivity index (χ0n) is 11.1. The summed E-state index contributed by atoms with van der Waals surface area (Å²) in [5, 5.41) is 14.0. The minimum absolute atomic E-state index is 0.00135. The zero-order chi connectivity index (χ0) is 13.8. The Balaban J connectivity index is 2.03. The van der Waals surface area contributed by atoms with Crippen LogP contribution in [0.1, 0.15) is 24.4 Å². The van der Waals surface area contributed by atoms with Gasteiger partial charge in [0.25, 0.3) is 0 Å². The van der Waals surface area contributed by atoms with Crippen LogP contribution in [0.15, 0.2) is 48.0 Å². The Bertz CT molecular complexity index is 647. The lowest BCUT2D eigenvalue weighted by molar-refractivity contribution is 0.579. The third-order valence-corrected chi connectivity index (χ3v) is 3.57. The van der Waals surface area contributed by atoms with Gasteiger partial charge in [-0.1, -0.05) is 29.6 Å². The summed E-state index contributed by atoms with van der Waals surface area (Å²) in [5.41, 5.74) is 3.03. The van der Waals surface area contributed by atoms with E-state index in [0.717, 1.165) is 23.6 Å². The lowest BCUT2D eigenvalue weighted by atomic mass is 10.1. The van der Waals surface area contributed by atoms with E-state index in [-0.39, 0.29) is 6.04 Å². The molecule has 6 heteroatoms. The van der Waals surface area contributed by atoms with Gasteiger partial charge in [-0.2, -0.15) is 5.10 Å². The van der Waals surface area contributed by atoms with E-state index >= 15 is 0 Å².